The van der Waals surface area contributed by atoms with E-state index in [-0.39, 0.29) is 12.0 Å². The van der Waals surface area contributed by atoms with Crippen LogP contribution in [0.3, 0.4) is 0 Å². The summed E-state index contributed by atoms with van der Waals surface area (Å²) in [5.41, 5.74) is 5.10. The van der Waals surface area contributed by atoms with Crippen LogP contribution in [-0.2, 0) is 6.42 Å². The van der Waals surface area contributed by atoms with Crippen molar-refractivity contribution in [3.63, 3.8) is 0 Å². The molecule has 1 saturated heterocycles. The number of nitriles is 1. The summed E-state index contributed by atoms with van der Waals surface area (Å²) in [6.45, 7) is 4.12. The van der Waals surface area contributed by atoms with E-state index in [0.717, 1.165) is 28.2 Å². The second-order valence-corrected chi connectivity index (χ2v) is 8.31. The van der Waals surface area contributed by atoms with Gasteiger partial charge in [-0.05, 0) is 51.9 Å². The Labute approximate surface area is 173 Å². The fourth-order valence-electron chi connectivity index (χ4n) is 4.35. The van der Waals surface area contributed by atoms with Gasteiger partial charge in [0.1, 0.15) is 0 Å². The Bertz CT molecular complexity index is 1000. The molecule has 0 saturated carbocycles. The van der Waals surface area contributed by atoms with Crippen molar-refractivity contribution in [1.29, 1.82) is 5.26 Å². The number of fused-ring (bicyclic) bond motifs is 1. The number of alkyl halides is 3. The van der Waals surface area contributed by atoms with E-state index < -0.39 is 12.7 Å². The van der Waals surface area contributed by atoms with Gasteiger partial charge in [0, 0.05) is 41.4 Å². The van der Waals surface area contributed by atoms with Crippen molar-refractivity contribution >= 4 is 5.57 Å². The third kappa shape index (κ3) is 4.12. The summed E-state index contributed by atoms with van der Waals surface area (Å²) in [6, 6.07) is 6.36. The molecular formula is C22H24F3N5. The average molecular weight is 415 g/mol. The highest BCUT2D eigenvalue weighted by atomic mass is 19.4. The quantitative estimate of drug-likeness (QED) is 0.724. The number of halogens is 3. The van der Waals surface area contributed by atoms with Gasteiger partial charge in [-0.25, -0.2) is 0 Å². The van der Waals surface area contributed by atoms with Crippen LogP contribution in [0.25, 0.3) is 16.8 Å². The molecule has 0 N–H and O–H groups in total. The zero-order valence-electron chi connectivity index (χ0n) is 17.1. The molecule has 158 valence electrons. The molecule has 1 aliphatic heterocycles. The van der Waals surface area contributed by atoms with Crippen molar-refractivity contribution in [2.75, 3.05) is 19.6 Å². The Morgan fingerprint density at radius 1 is 1.23 bits per heavy atom. The first-order valence-electron chi connectivity index (χ1n) is 10.2. The van der Waals surface area contributed by atoms with Crippen LogP contribution in [0.2, 0.25) is 0 Å². The summed E-state index contributed by atoms with van der Waals surface area (Å²) >= 11 is 0. The number of hydrogen-bond donors (Lipinski definition) is 0. The Morgan fingerprint density at radius 3 is 2.60 bits per heavy atom. The Morgan fingerprint density at radius 2 is 1.97 bits per heavy atom. The summed E-state index contributed by atoms with van der Waals surface area (Å²) in [4.78, 5) is 5.99. The molecule has 2 aliphatic rings. The molecule has 0 spiro atoms. The van der Waals surface area contributed by atoms with E-state index in [1.165, 1.54) is 4.90 Å². The predicted octanol–water partition coefficient (Wildman–Crippen LogP) is 4.73. The normalized spacial score (nSPS) is 17.8. The molecule has 2 aromatic heterocycles. The van der Waals surface area contributed by atoms with Crippen molar-refractivity contribution in [1.82, 2.24) is 19.7 Å². The summed E-state index contributed by atoms with van der Waals surface area (Å²) < 4.78 is 40.0. The SMILES string of the molecule is CC(C)n1nc(-c2cnc3c(c2)C(C#N)=CC3)cc1C1CCN(CC(F)(F)F)CC1. The first-order chi connectivity index (χ1) is 14.2. The molecule has 1 fully saturated rings. The van der Waals surface area contributed by atoms with Gasteiger partial charge in [0.05, 0.1) is 29.6 Å². The van der Waals surface area contributed by atoms with Gasteiger partial charge in [0.2, 0.25) is 0 Å². The monoisotopic (exact) mass is 415 g/mol. The molecule has 2 aromatic rings. The van der Waals surface area contributed by atoms with E-state index in [9.17, 15) is 18.4 Å². The maximum Gasteiger partial charge on any atom is 0.401 e. The summed E-state index contributed by atoms with van der Waals surface area (Å²) in [5, 5.41) is 14.1. The number of rotatable bonds is 4. The zero-order chi connectivity index (χ0) is 21.5. The molecule has 30 heavy (non-hydrogen) atoms. The smallest absolute Gasteiger partial charge is 0.295 e. The zero-order valence-corrected chi connectivity index (χ0v) is 17.1. The molecule has 1 aliphatic carbocycles. The molecule has 3 heterocycles. The standard InChI is InChI=1S/C22H24F3N5/c1-14(2)30-21(15-5-7-29(8-6-15)13-22(23,24)25)10-20(28-30)17-9-18-16(11-26)3-4-19(18)27-12-17/h3,9-10,12,14-15H,4-8,13H2,1-2H3. The van der Waals surface area contributed by atoms with Crippen LogP contribution in [0.5, 0.6) is 0 Å². The lowest BCUT2D eigenvalue weighted by Gasteiger charge is -2.32. The van der Waals surface area contributed by atoms with Crippen LogP contribution in [0, 0.1) is 11.3 Å². The van der Waals surface area contributed by atoms with Crippen LogP contribution >= 0.6 is 0 Å². The van der Waals surface area contributed by atoms with E-state index in [1.54, 1.807) is 6.20 Å². The third-order valence-corrected chi connectivity index (χ3v) is 5.84. The fourth-order valence-corrected chi connectivity index (χ4v) is 4.35. The Kier molecular flexibility index (Phi) is 5.41. The minimum Gasteiger partial charge on any atom is -0.295 e. The van der Waals surface area contributed by atoms with Crippen molar-refractivity contribution in [3.8, 4) is 17.3 Å². The first kappa shape index (κ1) is 20.6. The molecule has 8 heteroatoms. The van der Waals surface area contributed by atoms with Gasteiger partial charge in [-0.15, -0.1) is 0 Å². The van der Waals surface area contributed by atoms with E-state index in [2.05, 4.69) is 24.9 Å². The van der Waals surface area contributed by atoms with Crippen LogP contribution < -0.4 is 0 Å². The number of aromatic nitrogens is 3. The van der Waals surface area contributed by atoms with Crippen molar-refractivity contribution in [2.24, 2.45) is 0 Å². The van der Waals surface area contributed by atoms with Gasteiger partial charge in [-0.3, -0.25) is 14.6 Å². The Balaban J connectivity index is 1.58. The van der Waals surface area contributed by atoms with Gasteiger partial charge in [-0.1, -0.05) is 6.08 Å². The minimum absolute atomic E-state index is 0.138. The van der Waals surface area contributed by atoms with E-state index in [4.69, 9.17) is 5.10 Å². The van der Waals surface area contributed by atoms with E-state index in [1.807, 2.05) is 22.9 Å². The van der Waals surface area contributed by atoms with Crippen molar-refractivity contribution in [3.05, 3.63) is 41.4 Å². The fraction of sp³-hybridized carbons (Fsp3) is 0.500. The van der Waals surface area contributed by atoms with Gasteiger partial charge in [0.25, 0.3) is 0 Å². The molecule has 0 atom stereocenters. The highest BCUT2D eigenvalue weighted by Gasteiger charge is 2.33. The van der Waals surface area contributed by atoms with Crippen LogP contribution in [0.15, 0.2) is 24.4 Å². The molecule has 4 rings (SSSR count). The number of allylic oxidation sites excluding steroid dienone is 2. The lowest BCUT2D eigenvalue weighted by Crippen LogP contribution is -2.39. The number of pyridine rings is 1. The van der Waals surface area contributed by atoms with Crippen molar-refractivity contribution < 1.29 is 13.2 Å². The van der Waals surface area contributed by atoms with Crippen LogP contribution in [0.4, 0.5) is 13.2 Å². The molecular weight excluding hydrogens is 391 g/mol. The second kappa shape index (κ2) is 7.88. The highest BCUT2D eigenvalue weighted by molar-refractivity contribution is 5.83. The number of nitrogens with zero attached hydrogens (tertiary/aromatic N) is 5. The van der Waals surface area contributed by atoms with Gasteiger partial charge in [-0.2, -0.15) is 23.5 Å². The summed E-state index contributed by atoms with van der Waals surface area (Å²) in [7, 11) is 0. The largest absolute Gasteiger partial charge is 0.401 e. The number of likely N-dealkylation sites (tertiary alicyclic amines) is 1. The predicted molar refractivity (Wildman–Crippen MR) is 108 cm³/mol. The molecule has 0 amide bonds. The van der Waals surface area contributed by atoms with Gasteiger partial charge < -0.3 is 0 Å². The molecule has 5 nitrogen and oxygen atoms in total. The first-order valence-corrected chi connectivity index (χ1v) is 10.2. The summed E-state index contributed by atoms with van der Waals surface area (Å²) in [5.74, 6) is 0.176. The third-order valence-electron chi connectivity index (χ3n) is 5.84. The number of piperidine rings is 1. The molecule has 0 unspecified atom stereocenters. The van der Waals surface area contributed by atoms with E-state index >= 15 is 0 Å². The lowest BCUT2D eigenvalue weighted by molar-refractivity contribution is -0.148. The molecule has 0 bridgehead atoms. The maximum absolute atomic E-state index is 12.7. The second-order valence-electron chi connectivity index (χ2n) is 8.31. The number of hydrogen-bond acceptors (Lipinski definition) is 4. The van der Waals surface area contributed by atoms with Crippen LogP contribution in [-0.4, -0.2) is 45.5 Å². The highest BCUT2D eigenvalue weighted by Crippen LogP contribution is 2.35. The lowest BCUT2D eigenvalue weighted by atomic mass is 9.92. The van der Waals surface area contributed by atoms with E-state index in [0.29, 0.717) is 37.9 Å². The van der Waals surface area contributed by atoms with Gasteiger partial charge >= 0.3 is 6.18 Å². The minimum atomic E-state index is -4.16. The average Bonchev–Trinajstić information content (AvgIpc) is 3.31. The summed E-state index contributed by atoms with van der Waals surface area (Å²) in [6.07, 6.45) is 1.54. The van der Waals surface area contributed by atoms with Gasteiger partial charge in [0.15, 0.2) is 0 Å². The topological polar surface area (TPSA) is 57.7 Å². The van der Waals surface area contributed by atoms with Crippen LogP contribution in [0.1, 0.15) is 55.6 Å². The molecule has 0 radical (unpaired) electrons. The molecule has 0 aromatic carbocycles. The Hall–Kier alpha value is -2.66. The van der Waals surface area contributed by atoms with Crippen molar-refractivity contribution in [2.45, 2.75) is 51.2 Å². The maximum atomic E-state index is 12.7.